The monoisotopic (exact) mass is 249 g/mol. The molecule has 3 aromatic rings. The van der Waals surface area contributed by atoms with Gasteiger partial charge in [-0.15, -0.1) is 0 Å². The van der Waals surface area contributed by atoms with Crippen molar-refractivity contribution in [2.24, 2.45) is 0 Å². The van der Waals surface area contributed by atoms with Crippen molar-refractivity contribution in [3.05, 3.63) is 59.8 Å². The lowest BCUT2D eigenvalue weighted by Crippen LogP contribution is -1.99. The van der Waals surface area contributed by atoms with Gasteiger partial charge in [-0.3, -0.25) is 0 Å². The van der Waals surface area contributed by atoms with E-state index in [0.29, 0.717) is 5.95 Å². The fourth-order valence-electron chi connectivity index (χ4n) is 2.06. The molecule has 3 nitrogen and oxygen atoms in total. The van der Waals surface area contributed by atoms with Crippen LogP contribution in [0.4, 0.5) is 11.6 Å². The number of anilines is 2. The van der Waals surface area contributed by atoms with Crippen LogP contribution in [0.5, 0.6) is 0 Å². The summed E-state index contributed by atoms with van der Waals surface area (Å²) in [6, 6.07) is 16.2. The topological polar surface area (TPSA) is 37.8 Å². The van der Waals surface area contributed by atoms with Gasteiger partial charge in [0.25, 0.3) is 0 Å². The van der Waals surface area contributed by atoms with Crippen LogP contribution in [0.15, 0.2) is 48.5 Å². The number of para-hydroxylation sites is 1. The SMILES string of the molecule is Cc1ccc(Nc2nc(C)c3ccccc3n2)cc1. The molecule has 94 valence electrons. The maximum Gasteiger partial charge on any atom is 0.228 e. The van der Waals surface area contributed by atoms with Gasteiger partial charge in [-0.05, 0) is 32.0 Å². The summed E-state index contributed by atoms with van der Waals surface area (Å²) < 4.78 is 0. The van der Waals surface area contributed by atoms with Crippen molar-refractivity contribution in [3.8, 4) is 0 Å². The highest BCUT2D eigenvalue weighted by atomic mass is 15.1. The van der Waals surface area contributed by atoms with Gasteiger partial charge in [0, 0.05) is 11.1 Å². The average Bonchev–Trinajstić information content (AvgIpc) is 2.42. The molecule has 0 saturated heterocycles. The molecule has 19 heavy (non-hydrogen) atoms. The highest BCUT2D eigenvalue weighted by molar-refractivity contribution is 5.82. The third kappa shape index (κ3) is 2.40. The molecule has 0 amide bonds. The summed E-state index contributed by atoms with van der Waals surface area (Å²) in [7, 11) is 0. The molecular formula is C16H15N3. The predicted molar refractivity (Wildman–Crippen MR) is 78.7 cm³/mol. The van der Waals surface area contributed by atoms with E-state index in [1.807, 2.05) is 43.3 Å². The van der Waals surface area contributed by atoms with Crippen molar-refractivity contribution in [1.82, 2.24) is 9.97 Å². The molecule has 3 heteroatoms. The van der Waals surface area contributed by atoms with Crippen LogP contribution < -0.4 is 5.32 Å². The second kappa shape index (κ2) is 4.69. The Labute approximate surface area is 112 Å². The maximum atomic E-state index is 4.53. The van der Waals surface area contributed by atoms with Crippen LogP contribution in [0.1, 0.15) is 11.3 Å². The molecule has 0 fully saturated rings. The van der Waals surface area contributed by atoms with E-state index in [1.165, 1.54) is 5.56 Å². The minimum atomic E-state index is 0.639. The molecule has 3 rings (SSSR count). The minimum Gasteiger partial charge on any atom is -0.324 e. The lowest BCUT2D eigenvalue weighted by molar-refractivity contribution is 1.15. The number of nitrogens with one attached hydrogen (secondary N) is 1. The van der Waals surface area contributed by atoms with Gasteiger partial charge >= 0.3 is 0 Å². The fraction of sp³-hybridized carbons (Fsp3) is 0.125. The van der Waals surface area contributed by atoms with Gasteiger partial charge in [0.2, 0.25) is 5.95 Å². The zero-order valence-corrected chi connectivity index (χ0v) is 11.0. The van der Waals surface area contributed by atoms with Crippen molar-refractivity contribution >= 4 is 22.5 Å². The molecule has 1 N–H and O–H groups in total. The molecule has 0 aliphatic carbocycles. The van der Waals surface area contributed by atoms with Crippen LogP contribution in [0, 0.1) is 13.8 Å². The van der Waals surface area contributed by atoms with E-state index in [4.69, 9.17) is 0 Å². The summed E-state index contributed by atoms with van der Waals surface area (Å²) in [5, 5.41) is 4.34. The van der Waals surface area contributed by atoms with Gasteiger partial charge in [0.05, 0.1) is 11.2 Å². The van der Waals surface area contributed by atoms with Crippen LogP contribution >= 0.6 is 0 Å². The molecule has 0 radical (unpaired) electrons. The standard InChI is InChI=1S/C16H15N3/c1-11-7-9-13(10-8-11)18-16-17-12(2)14-5-3-4-6-15(14)19-16/h3-10H,1-2H3,(H,17,18,19). The summed E-state index contributed by atoms with van der Waals surface area (Å²) in [6.07, 6.45) is 0. The Morgan fingerprint density at radius 1 is 0.842 bits per heavy atom. The predicted octanol–water partition coefficient (Wildman–Crippen LogP) is 3.99. The first-order chi connectivity index (χ1) is 9.22. The summed E-state index contributed by atoms with van der Waals surface area (Å²) in [4.78, 5) is 9.03. The second-order valence-electron chi connectivity index (χ2n) is 4.64. The van der Waals surface area contributed by atoms with Crippen molar-refractivity contribution < 1.29 is 0 Å². The molecule has 0 unspecified atom stereocenters. The quantitative estimate of drug-likeness (QED) is 0.746. The van der Waals surface area contributed by atoms with Gasteiger partial charge < -0.3 is 5.32 Å². The lowest BCUT2D eigenvalue weighted by Gasteiger charge is -2.08. The number of nitrogens with zero attached hydrogens (tertiary/aromatic N) is 2. The van der Waals surface area contributed by atoms with Crippen LogP contribution in [-0.4, -0.2) is 9.97 Å². The van der Waals surface area contributed by atoms with Crippen molar-refractivity contribution in [1.29, 1.82) is 0 Å². The van der Waals surface area contributed by atoms with Gasteiger partial charge in [0.1, 0.15) is 0 Å². The molecule has 1 aromatic heterocycles. The van der Waals surface area contributed by atoms with Gasteiger partial charge in [-0.25, -0.2) is 9.97 Å². The number of fused-ring (bicyclic) bond motifs is 1. The van der Waals surface area contributed by atoms with Crippen LogP contribution in [0.2, 0.25) is 0 Å². The number of hydrogen-bond acceptors (Lipinski definition) is 3. The fourth-order valence-corrected chi connectivity index (χ4v) is 2.06. The van der Waals surface area contributed by atoms with E-state index in [2.05, 4.69) is 34.3 Å². The summed E-state index contributed by atoms with van der Waals surface area (Å²) in [5.74, 6) is 0.639. The normalized spacial score (nSPS) is 10.6. The Morgan fingerprint density at radius 3 is 2.37 bits per heavy atom. The van der Waals surface area contributed by atoms with Crippen LogP contribution in [0.25, 0.3) is 10.9 Å². The van der Waals surface area contributed by atoms with Gasteiger partial charge in [-0.1, -0.05) is 35.9 Å². The average molecular weight is 249 g/mol. The molecular weight excluding hydrogens is 234 g/mol. The van der Waals surface area contributed by atoms with E-state index in [9.17, 15) is 0 Å². The van der Waals surface area contributed by atoms with Gasteiger partial charge in [-0.2, -0.15) is 0 Å². The zero-order valence-electron chi connectivity index (χ0n) is 11.0. The number of benzene rings is 2. The molecule has 0 bridgehead atoms. The first-order valence-electron chi connectivity index (χ1n) is 6.29. The molecule has 0 aliphatic rings. The molecule has 0 aliphatic heterocycles. The Morgan fingerprint density at radius 2 is 1.58 bits per heavy atom. The first-order valence-corrected chi connectivity index (χ1v) is 6.29. The number of rotatable bonds is 2. The molecule has 0 atom stereocenters. The number of aryl methyl sites for hydroxylation is 2. The van der Waals surface area contributed by atoms with Gasteiger partial charge in [0.15, 0.2) is 0 Å². The molecule has 0 spiro atoms. The van der Waals surface area contributed by atoms with E-state index in [-0.39, 0.29) is 0 Å². The summed E-state index contributed by atoms with van der Waals surface area (Å²) in [5.41, 5.74) is 4.19. The van der Waals surface area contributed by atoms with Crippen molar-refractivity contribution in [3.63, 3.8) is 0 Å². The third-order valence-corrected chi connectivity index (χ3v) is 3.10. The largest absolute Gasteiger partial charge is 0.324 e. The Bertz CT molecular complexity index is 718. The van der Waals surface area contributed by atoms with Crippen molar-refractivity contribution in [2.45, 2.75) is 13.8 Å². The minimum absolute atomic E-state index is 0.639. The molecule has 2 aromatic carbocycles. The van der Waals surface area contributed by atoms with Crippen LogP contribution in [0.3, 0.4) is 0 Å². The number of aromatic nitrogens is 2. The number of hydrogen-bond donors (Lipinski definition) is 1. The van der Waals surface area contributed by atoms with Crippen LogP contribution in [-0.2, 0) is 0 Å². The smallest absolute Gasteiger partial charge is 0.228 e. The summed E-state index contributed by atoms with van der Waals surface area (Å²) in [6.45, 7) is 4.07. The third-order valence-electron chi connectivity index (χ3n) is 3.10. The van der Waals surface area contributed by atoms with E-state index in [0.717, 1.165) is 22.3 Å². The molecule has 1 heterocycles. The molecule has 0 saturated carbocycles. The van der Waals surface area contributed by atoms with E-state index >= 15 is 0 Å². The van der Waals surface area contributed by atoms with E-state index < -0.39 is 0 Å². The zero-order chi connectivity index (χ0) is 13.2. The first kappa shape index (κ1) is 11.7. The Hall–Kier alpha value is -2.42. The summed E-state index contributed by atoms with van der Waals surface area (Å²) >= 11 is 0. The Balaban J connectivity index is 1.99. The lowest BCUT2D eigenvalue weighted by atomic mass is 10.2. The maximum absolute atomic E-state index is 4.53. The second-order valence-corrected chi connectivity index (χ2v) is 4.64. The Kier molecular flexibility index (Phi) is 2.88. The highest BCUT2D eigenvalue weighted by Gasteiger charge is 2.03. The van der Waals surface area contributed by atoms with E-state index in [1.54, 1.807) is 0 Å². The highest BCUT2D eigenvalue weighted by Crippen LogP contribution is 2.19. The van der Waals surface area contributed by atoms with Crippen molar-refractivity contribution in [2.75, 3.05) is 5.32 Å².